The third-order valence-corrected chi connectivity index (χ3v) is 4.02. The van der Waals surface area contributed by atoms with Gasteiger partial charge in [0.15, 0.2) is 5.13 Å². The first-order valence-electron chi connectivity index (χ1n) is 6.77. The number of carbonyl (C=O) groups is 1. The molecule has 0 aliphatic rings. The average Bonchev–Trinajstić information content (AvgIpc) is 2.82. The monoisotopic (exact) mass is 305 g/mol. The zero-order chi connectivity index (χ0) is 15.2. The number of aromatic nitrogens is 1. The highest BCUT2D eigenvalue weighted by Crippen LogP contribution is 2.19. The lowest BCUT2D eigenvalue weighted by molar-refractivity contribution is 0.0953. The van der Waals surface area contributed by atoms with Gasteiger partial charge >= 0.3 is 0 Å². The van der Waals surface area contributed by atoms with E-state index < -0.39 is 0 Å². The Hall–Kier alpha value is -1.92. The van der Waals surface area contributed by atoms with Crippen LogP contribution < -0.4 is 11.1 Å². The number of ether oxygens (including phenoxy) is 1. The van der Waals surface area contributed by atoms with Crippen molar-refractivity contribution in [1.82, 2.24) is 10.3 Å². The number of nitrogens with two attached hydrogens (primary N) is 1. The molecule has 0 saturated carbocycles. The van der Waals surface area contributed by atoms with Gasteiger partial charge in [-0.05, 0) is 25.0 Å². The molecule has 0 fully saturated rings. The van der Waals surface area contributed by atoms with Gasteiger partial charge in [-0.2, -0.15) is 0 Å². The molecule has 0 spiro atoms. The first kappa shape index (κ1) is 15.5. The maximum Gasteiger partial charge on any atom is 0.263 e. The predicted octanol–water partition coefficient (Wildman–Crippen LogP) is 2.50. The zero-order valence-electron chi connectivity index (χ0n) is 12.2. The summed E-state index contributed by atoms with van der Waals surface area (Å²) >= 11 is 1.21. The van der Waals surface area contributed by atoms with Crippen LogP contribution in [0, 0.1) is 6.92 Å². The van der Waals surface area contributed by atoms with Gasteiger partial charge in [0.25, 0.3) is 5.91 Å². The Morgan fingerprint density at radius 2 is 2.10 bits per heavy atom. The average molecular weight is 305 g/mol. The summed E-state index contributed by atoms with van der Waals surface area (Å²) in [6, 6.07) is 7.91. The van der Waals surface area contributed by atoms with Crippen LogP contribution in [0.15, 0.2) is 24.3 Å². The molecular formula is C15H19N3O2S. The first-order chi connectivity index (χ1) is 10.1. The lowest BCUT2D eigenvalue weighted by Gasteiger charge is -2.10. The number of thiazole rings is 1. The second-order valence-electron chi connectivity index (χ2n) is 4.56. The molecule has 1 amide bonds. The van der Waals surface area contributed by atoms with Crippen molar-refractivity contribution < 1.29 is 9.53 Å². The Balaban J connectivity index is 2.03. The molecule has 112 valence electrons. The Labute approximate surface area is 128 Å². The van der Waals surface area contributed by atoms with Crippen molar-refractivity contribution in [3.63, 3.8) is 0 Å². The fraction of sp³-hybridized carbons (Fsp3) is 0.333. The lowest BCUT2D eigenvalue weighted by atomic mass is 10.1. The molecule has 5 nitrogen and oxygen atoms in total. The fourth-order valence-electron chi connectivity index (χ4n) is 1.97. The van der Waals surface area contributed by atoms with E-state index in [9.17, 15) is 4.79 Å². The third-order valence-electron chi connectivity index (χ3n) is 3.04. The smallest absolute Gasteiger partial charge is 0.263 e. The van der Waals surface area contributed by atoms with Crippen LogP contribution in [0.4, 0.5) is 5.13 Å². The summed E-state index contributed by atoms with van der Waals surface area (Å²) in [5, 5.41) is 3.32. The Morgan fingerprint density at radius 1 is 1.38 bits per heavy atom. The van der Waals surface area contributed by atoms with Gasteiger partial charge in [-0.15, -0.1) is 0 Å². The number of hydrogen-bond acceptors (Lipinski definition) is 5. The topological polar surface area (TPSA) is 77.2 Å². The molecule has 3 N–H and O–H groups in total. The molecule has 0 bridgehead atoms. The summed E-state index contributed by atoms with van der Waals surface area (Å²) < 4.78 is 5.44. The molecule has 0 radical (unpaired) electrons. The summed E-state index contributed by atoms with van der Waals surface area (Å²) in [6.45, 7) is 5.42. The van der Waals surface area contributed by atoms with Crippen LogP contribution in [-0.4, -0.2) is 17.5 Å². The minimum absolute atomic E-state index is 0.145. The molecular weight excluding hydrogens is 286 g/mol. The third kappa shape index (κ3) is 4.03. The summed E-state index contributed by atoms with van der Waals surface area (Å²) in [7, 11) is 0. The number of aryl methyl sites for hydroxylation is 1. The van der Waals surface area contributed by atoms with Gasteiger partial charge < -0.3 is 15.8 Å². The van der Waals surface area contributed by atoms with Gasteiger partial charge in [0.05, 0.1) is 12.3 Å². The van der Waals surface area contributed by atoms with Gasteiger partial charge in [0, 0.05) is 13.2 Å². The van der Waals surface area contributed by atoms with Crippen molar-refractivity contribution in [1.29, 1.82) is 0 Å². The van der Waals surface area contributed by atoms with Crippen LogP contribution in [0.2, 0.25) is 0 Å². The standard InChI is InChI=1S/C15H19N3O2S/c1-3-20-9-12-7-5-4-6-11(12)8-17-14(19)13-10(2)18-15(16)21-13/h4-7H,3,8-9H2,1-2H3,(H2,16,18)(H,17,19). The predicted molar refractivity (Wildman–Crippen MR) is 84.2 cm³/mol. The number of nitrogens with one attached hydrogen (secondary N) is 1. The number of rotatable bonds is 6. The van der Waals surface area contributed by atoms with E-state index in [1.807, 2.05) is 31.2 Å². The molecule has 1 aromatic heterocycles. The summed E-state index contributed by atoms with van der Waals surface area (Å²) in [5.74, 6) is -0.145. The molecule has 0 unspecified atom stereocenters. The van der Waals surface area contributed by atoms with E-state index in [1.165, 1.54) is 11.3 Å². The van der Waals surface area contributed by atoms with Gasteiger partial charge in [0.1, 0.15) is 4.88 Å². The Kier molecular flexibility index (Phi) is 5.30. The summed E-state index contributed by atoms with van der Waals surface area (Å²) in [5.41, 5.74) is 8.41. The van der Waals surface area contributed by atoms with Crippen molar-refractivity contribution in [3.05, 3.63) is 46.0 Å². The minimum atomic E-state index is -0.145. The van der Waals surface area contributed by atoms with E-state index in [4.69, 9.17) is 10.5 Å². The van der Waals surface area contributed by atoms with Crippen LogP contribution in [-0.2, 0) is 17.9 Å². The van der Waals surface area contributed by atoms with Crippen molar-refractivity contribution in [2.75, 3.05) is 12.3 Å². The molecule has 2 aromatic rings. The summed E-state index contributed by atoms with van der Waals surface area (Å²) in [4.78, 5) is 16.8. The highest BCUT2D eigenvalue weighted by Gasteiger charge is 2.14. The maximum absolute atomic E-state index is 12.2. The molecule has 0 saturated heterocycles. The van der Waals surface area contributed by atoms with E-state index in [1.54, 1.807) is 6.92 Å². The highest BCUT2D eigenvalue weighted by molar-refractivity contribution is 7.17. The first-order valence-corrected chi connectivity index (χ1v) is 7.59. The number of hydrogen-bond donors (Lipinski definition) is 2. The number of nitrogen functional groups attached to an aromatic ring is 1. The highest BCUT2D eigenvalue weighted by atomic mass is 32.1. The second kappa shape index (κ2) is 7.19. The SMILES string of the molecule is CCOCc1ccccc1CNC(=O)c1sc(N)nc1C. The van der Waals surface area contributed by atoms with E-state index in [-0.39, 0.29) is 5.91 Å². The van der Waals surface area contributed by atoms with Crippen molar-refractivity contribution in [2.45, 2.75) is 27.0 Å². The Morgan fingerprint density at radius 3 is 2.71 bits per heavy atom. The van der Waals surface area contributed by atoms with Gasteiger partial charge in [-0.25, -0.2) is 4.98 Å². The fourth-order valence-corrected chi connectivity index (χ4v) is 2.72. The van der Waals surface area contributed by atoms with Crippen LogP contribution in [0.5, 0.6) is 0 Å². The number of benzene rings is 1. The van der Waals surface area contributed by atoms with Crippen molar-refractivity contribution in [2.24, 2.45) is 0 Å². The van der Waals surface area contributed by atoms with Gasteiger partial charge in [-0.3, -0.25) is 4.79 Å². The molecule has 1 heterocycles. The molecule has 1 aromatic carbocycles. The van der Waals surface area contributed by atoms with Crippen LogP contribution in [0.3, 0.4) is 0 Å². The van der Waals surface area contributed by atoms with Crippen molar-refractivity contribution in [3.8, 4) is 0 Å². The van der Waals surface area contributed by atoms with E-state index in [2.05, 4.69) is 10.3 Å². The van der Waals surface area contributed by atoms with Crippen molar-refractivity contribution >= 4 is 22.4 Å². The van der Waals surface area contributed by atoms with E-state index >= 15 is 0 Å². The molecule has 0 atom stereocenters. The lowest BCUT2D eigenvalue weighted by Crippen LogP contribution is -2.23. The van der Waals surface area contributed by atoms with E-state index in [0.717, 1.165) is 11.1 Å². The zero-order valence-corrected chi connectivity index (χ0v) is 13.0. The molecule has 6 heteroatoms. The summed E-state index contributed by atoms with van der Waals surface area (Å²) in [6.07, 6.45) is 0. The van der Waals surface area contributed by atoms with Gasteiger partial charge in [0.2, 0.25) is 0 Å². The number of anilines is 1. The molecule has 0 aliphatic heterocycles. The molecule has 2 rings (SSSR count). The minimum Gasteiger partial charge on any atom is -0.377 e. The molecule has 21 heavy (non-hydrogen) atoms. The maximum atomic E-state index is 12.2. The number of carbonyl (C=O) groups excluding carboxylic acids is 1. The molecule has 0 aliphatic carbocycles. The van der Waals surface area contributed by atoms with E-state index in [0.29, 0.717) is 35.5 Å². The largest absolute Gasteiger partial charge is 0.377 e. The van der Waals surface area contributed by atoms with Gasteiger partial charge in [-0.1, -0.05) is 35.6 Å². The van der Waals surface area contributed by atoms with Crippen LogP contribution >= 0.6 is 11.3 Å². The van der Waals surface area contributed by atoms with Crippen LogP contribution in [0.1, 0.15) is 33.4 Å². The number of nitrogens with zero attached hydrogens (tertiary/aromatic N) is 1. The number of amides is 1. The second-order valence-corrected chi connectivity index (χ2v) is 5.59. The normalized spacial score (nSPS) is 10.6. The quantitative estimate of drug-likeness (QED) is 0.859. The Bertz CT molecular complexity index is 625. The van der Waals surface area contributed by atoms with Crippen LogP contribution in [0.25, 0.3) is 0 Å².